The summed E-state index contributed by atoms with van der Waals surface area (Å²) in [6.07, 6.45) is 1.61. The number of rotatable bonds is 7. The smallest absolute Gasteiger partial charge is 0.324 e. The van der Waals surface area contributed by atoms with Gasteiger partial charge in [0.1, 0.15) is 12.1 Å². The van der Waals surface area contributed by atoms with Crippen molar-refractivity contribution in [3.05, 3.63) is 72.3 Å². The standard InChI is InChI=1S/C25H24N4O5S/c1-25(18-10-9-16-5-2-3-6-17(16)13-18)23(31)29(24(32)27-25)15-22(30)26-20-7-4-8-21(14-20)35(33,34)28-19-11-12-19/h2-10,13-14,19,28H,11-12,15H2,1H3,(H,26,30)(H,27,32). The Morgan fingerprint density at radius 3 is 2.51 bits per heavy atom. The molecule has 10 heteroatoms. The Bertz CT molecular complexity index is 1470. The third-order valence-electron chi connectivity index (χ3n) is 6.23. The highest BCUT2D eigenvalue weighted by atomic mass is 32.2. The number of sulfonamides is 1. The Morgan fingerprint density at radius 2 is 1.77 bits per heavy atom. The van der Waals surface area contributed by atoms with Crippen LogP contribution in [0.15, 0.2) is 71.6 Å². The summed E-state index contributed by atoms with van der Waals surface area (Å²) >= 11 is 0. The zero-order valence-corrected chi connectivity index (χ0v) is 19.8. The quantitative estimate of drug-likeness (QED) is 0.438. The summed E-state index contributed by atoms with van der Waals surface area (Å²) in [5.74, 6) is -1.17. The molecule has 1 saturated carbocycles. The van der Waals surface area contributed by atoms with Gasteiger partial charge in [-0.25, -0.2) is 17.9 Å². The Hall–Kier alpha value is -3.76. The predicted molar refractivity (Wildman–Crippen MR) is 130 cm³/mol. The van der Waals surface area contributed by atoms with Crippen LogP contribution in [0.1, 0.15) is 25.3 Å². The molecule has 0 aromatic heterocycles. The number of urea groups is 1. The Kier molecular flexibility index (Phi) is 5.57. The van der Waals surface area contributed by atoms with Gasteiger partial charge in [0.25, 0.3) is 5.91 Å². The van der Waals surface area contributed by atoms with Crippen LogP contribution in [0.5, 0.6) is 0 Å². The summed E-state index contributed by atoms with van der Waals surface area (Å²) in [5, 5.41) is 7.21. The zero-order valence-electron chi connectivity index (χ0n) is 18.9. The van der Waals surface area contributed by atoms with E-state index in [1.165, 1.54) is 18.2 Å². The molecule has 180 valence electrons. The third-order valence-corrected chi connectivity index (χ3v) is 7.75. The first-order valence-corrected chi connectivity index (χ1v) is 12.7. The first-order chi connectivity index (χ1) is 16.7. The number of amides is 4. The van der Waals surface area contributed by atoms with E-state index in [4.69, 9.17) is 0 Å². The zero-order chi connectivity index (χ0) is 24.8. The van der Waals surface area contributed by atoms with Crippen LogP contribution < -0.4 is 15.4 Å². The molecule has 3 aromatic carbocycles. The SMILES string of the molecule is CC1(c2ccc3ccccc3c2)NC(=O)N(CC(=O)Nc2cccc(S(=O)(=O)NC3CC3)c2)C1=O. The van der Waals surface area contributed by atoms with Gasteiger partial charge >= 0.3 is 6.03 Å². The summed E-state index contributed by atoms with van der Waals surface area (Å²) in [7, 11) is -3.69. The van der Waals surface area contributed by atoms with Crippen molar-refractivity contribution >= 4 is 44.3 Å². The lowest BCUT2D eigenvalue weighted by Crippen LogP contribution is -2.42. The van der Waals surface area contributed by atoms with Crippen molar-refractivity contribution in [1.82, 2.24) is 14.9 Å². The fourth-order valence-corrected chi connectivity index (χ4v) is 5.46. The van der Waals surface area contributed by atoms with Gasteiger partial charge in [-0.3, -0.25) is 14.5 Å². The molecular weight excluding hydrogens is 468 g/mol. The van der Waals surface area contributed by atoms with E-state index in [0.29, 0.717) is 5.56 Å². The van der Waals surface area contributed by atoms with Crippen LogP contribution in [0.4, 0.5) is 10.5 Å². The maximum Gasteiger partial charge on any atom is 0.325 e. The maximum absolute atomic E-state index is 13.2. The number of nitrogens with zero attached hydrogens (tertiary/aromatic N) is 1. The maximum atomic E-state index is 13.2. The molecule has 2 fully saturated rings. The highest BCUT2D eigenvalue weighted by molar-refractivity contribution is 7.89. The second-order valence-corrected chi connectivity index (χ2v) is 10.7. The minimum atomic E-state index is -3.69. The van der Waals surface area contributed by atoms with Gasteiger partial charge in [-0.15, -0.1) is 0 Å². The van der Waals surface area contributed by atoms with Crippen molar-refractivity contribution in [2.24, 2.45) is 0 Å². The number of imide groups is 1. The minimum Gasteiger partial charge on any atom is -0.324 e. The first-order valence-electron chi connectivity index (χ1n) is 11.2. The van der Waals surface area contributed by atoms with Crippen molar-refractivity contribution in [3.63, 3.8) is 0 Å². The predicted octanol–water partition coefficient (Wildman–Crippen LogP) is 2.69. The molecule has 0 bridgehead atoms. The molecule has 9 nitrogen and oxygen atoms in total. The average Bonchev–Trinajstić information content (AvgIpc) is 3.61. The van der Waals surface area contributed by atoms with Crippen LogP contribution in [-0.2, 0) is 25.2 Å². The molecule has 4 amide bonds. The van der Waals surface area contributed by atoms with E-state index in [0.717, 1.165) is 28.5 Å². The van der Waals surface area contributed by atoms with Crippen LogP contribution >= 0.6 is 0 Å². The molecule has 1 aliphatic carbocycles. The average molecular weight is 493 g/mol. The Labute approximate surface area is 202 Å². The van der Waals surface area contributed by atoms with E-state index in [9.17, 15) is 22.8 Å². The number of hydrogen-bond acceptors (Lipinski definition) is 5. The van der Waals surface area contributed by atoms with Crippen molar-refractivity contribution in [2.45, 2.75) is 36.2 Å². The lowest BCUT2D eigenvalue weighted by atomic mass is 9.90. The summed E-state index contributed by atoms with van der Waals surface area (Å²) < 4.78 is 27.5. The van der Waals surface area contributed by atoms with Crippen LogP contribution in [0.3, 0.4) is 0 Å². The highest BCUT2D eigenvalue weighted by Gasteiger charge is 2.49. The molecule has 3 aromatic rings. The summed E-state index contributed by atoms with van der Waals surface area (Å²) in [6, 6.07) is 18.3. The van der Waals surface area contributed by atoms with E-state index >= 15 is 0 Å². The van der Waals surface area contributed by atoms with E-state index in [1.54, 1.807) is 19.1 Å². The molecule has 0 radical (unpaired) electrons. The highest BCUT2D eigenvalue weighted by Crippen LogP contribution is 2.31. The second kappa shape index (κ2) is 8.47. The van der Waals surface area contributed by atoms with Crippen molar-refractivity contribution in [3.8, 4) is 0 Å². The van der Waals surface area contributed by atoms with E-state index < -0.39 is 40.0 Å². The largest absolute Gasteiger partial charge is 0.325 e. The fraction of sp³-hybridized carbons (Fsp3) is 0.240. The molecule has 1 aliphatic heterocycles. The van der Waals surface area contributed by atoms with Gasteiger partial charge in [-0.2, -0.15) is 0 Å². The van der Waals surface area contributed by atoms with Crippen molar-refractivity contribution in [2.75, 3.05) is 11.9 Å². The normalized spacial score (nSPS) is 20.2. The minimum absolute atomic E-state index is 0.0288. The number of hydrogen-bond donors (Lipinski definition) is 3. The van der Waals surface area contributed by atoms with E-state index in [2.05, 4.69) is 15.4 Å². The molecule has 1 heterocycles. The topological polar surface area (TPSA) is 125 Å². The van der Waals surface area contributed by atoms with Gasteiger partial charge in [0, 0.05) is 11.7 Å². The molecule has 0 spiro atoms. The van der Waals surface area contributed by atoms with E-state index in [-0.39, 0.29) is 16.6 Å². The van der Waals surface area contributed by atoms with Crippen LogP contribution in [-0.4, -0.2) is 43.7 Å². The van der Waals surface area contributed by atoms with Gasteiger partial charge in [0.15, 0.2) is 0 Å². The number of fused-ring (bicyclic) bond motifs is 1. The van der Waals surface area contributed by atoms with Crippen LogP contribution in [0, 0.1) is 0 Å². The lowest BCUT2D eigenvalue weighted by molar-refractivity contribution is -0.133. The van der Waals surface area contributed by atoms with Gasteiger partial charge in [0.05, 0.1) is 4.90 Å². The summed E-state index contributed by atoms with van der Waals surface area (Å²) in [5.41, 5.74) is -0.458. The molecule has 1 saturated heterocycles. The Morgan fingerprint density at radius 1 is 1.03 bits per heavy atom. The molecular formula is C25H24N4O5S. The van der Waals surface area contributed by atoms with E-state index in [1.807, 2.05) is 36.4 Å². The van der Waals surface area contributed by atoms with Gasteiger partial charge in [-0.1, -0.05) is 42.5 Å². The second-order valence-electron chi connectivity index (χ2n) is 8.98. The molecule has 35 heavy (non-hydrogen) atoms. The van der Waals surface area contributed by atoms with Gasteiger partial charge in [0.2, 0.25) is 15.9 Å². The lowest BCUT2D eigenvalue weighted by Gasteiger charge is -2.22. The molecule has 3 N–H and O–H groups in total. The molecule has 1 unspecified atom stereocenters. The number of anilines is 1. The Balaban J connectivity index is 1.30. The number of benzene rings is 3. The first kappa shape index (κ1) is 23.0. The number of nitrogens with one attached hydrogen (secondary N) is 3. The molecule has 2 aliphatic rings. The third kappa shape index (κ3) is 4.50. The number of carbonyl (C=O) groups is 3. The van der Waals surface area contributed by atoms with Crippen LogP contribution in [0.2, 0.25) is 0 Å². The van der Waals surface area contributed by atoms with Crippen molar-refractivity contribution < 1.29 is 22.8 Å². The fourth-order valence-electron chi connectivity index (χ4n) is 4.11. The van der Waals surface area contributed by atoms with Crippen molar-refractivity contribution in [1.29, 1.82) is 0 Å². The number of carbonyl (C=O) groups excluding carboxylic acids is 3. The summed E-state index contributed by atoms with van der Waals surface area (Å²) in [6.45, 7) is 1.10. The van der Waals surface area contributed by atoms with Crippen LogP contribution in [0.25, 0.3) is 10.8 Å². The van der Waals surface area contributed by atoms with Gasteiger partial charge < -0.3 is 10.6 Å². The molecule has 5 rings (SSSR count). The monoisotopic (exact) mass is 492 g/mol. The summed E-state index contributed by atoms with van der Waals surface area (Å²) in [4.78, 5) is 39.4. The van der Waals surface area contributed by atoms with Gasteiger partial charge in [-0.05, 0) is 60.4 Å². The molecule has 1 atom stereocenters.